The summed E-state index contributed by atoms with van der Waals surface area (Å²) in [6, 6.07) is 0. The molecule has 0 radical (unpaired) electrons. The van der Waals surface area contributed by atoms with Crippen LogP contribution < -0.4 is 0 Å². The number of Topliss-reactive ketones (excluding diaryl/α,β-unsaturated/α-hetero) is 1. The summed E-state index contributed by atoms with van der Waals surface area (Å²) in [4.78, 5) is 11.2. The molecule has 1 fully saturated rings. The molecule has 11 heavy (non-hydrogen) atoms. The van der Waals surface area contributed by atoms with E-state index in [2.05, 4.69) is 5.10 Å². The van der Waals surface area contributed by atoms with Crippen molar-refractivity contribution in [3.05, 3.63) is 0 Å². The number of hydrogen-bond acceptors (Lipinski definition) is 3. The Morgan fingerprint density at radius 1 is 1.27 bits per heavy atom. The highest BCUT2D eigenvalue weighted by Crippen LogP contribution is 2.11. The van der Waals surface area contributed by atoms with Gasteiger partial charge in [0.15, 0.2) is 5.78 Å². The summed E-state index contributed by atoms with van der Waals surface area (Å²) in [5.74, 6) is 0.227. The Balaban J connectivity index is 2.61. The summed E-state index contributed by atoms with van der Waals surface area (Å²) in [5, 5.41) is 5.81. The normalized spacial score (nSPS) is 22.4. The van der Waals surface area contributed by atoms with Gasteiger partial charge >= 0.3 is 0 Å². The second kappa shape index (κ2) is 3.51. The Morgan fingerprint density at radius 2 is 1.91 bits per heavy atom. The van der Waals surface area contributed by atoms with Crippen molar-refractivity contribution in [1.82, 2.24) is 5.01 Å². The van der Waals surface area contributed by atoms with E-state index in [1.807, 2.05) is 14.1 Å². The van der Waals surface area contributed by atoms with Crippen molar-refractivity contribution in [3.8, 4) is 0 Å². The molecule has 1 aliphatic rings. The molecule has 0 spiro atoms. The molecular weight excluding hydrogens is 140 g/mol. The van der Waals surface area contributed by atoms with Crippen molar-refractivity contribution in [2.24, 2.45) is 5.10 Å². The lowest BCUT2D eigenvalue weighted by atomic mass is 9.97. The highest BCUT2D eigenvalue weighted by Gasteiger charge is 2.16. The molecule has 0 saturated heterocycles. The van der Waals surface area contributed by atoms with Gasteiger partial charge in [-0.3, -0.25) is 4.79 Å². The average molecular weight is 154 g/mol. The fraction of sp³-hybridized carbons (Fsp3) is 0.750. The fourth-order valence-electron chi connectivity index (χ4n) is 1.21. The summed E-state index contributed by atoms with van der Waals surface area (Å²) < 4.78 is 0. The molecule has 0 bridgehead atoms. The molecule has 0 aromatic rings. The minimum Gasteiger partial charge on any atom is -0.303 e. The quantitative estimate of drug-likeness (QED) is 0.529. The number of hydrogen-bond donors (Lipinski definition) is 0. The van der Waals surface area contributed by atoms with E-state index in [1.54, 1.807) is 5.01 Å². The van der Waals surface area contributed by atoms with Crippen LogP contribution in [0.25, 0.3) is 0 Å². The van der Waals surface area contributed by atoms with Gasteiger partial charge in [-0.1, -0.05) is 0 Å². The standard InChI is InChI=1S/C8H14N2O/c1-10(2)9-7-5-3-4-6-8(7)11/h3-6H2,1-2H3/b9-7-. The lowest BCUT2D eigenvalue weighted by Gasteiger charge is -2.13. The van der Waals surface area contributed by atoms with E-state index < -0.39 is 0 Å². The minimum atomic E-state index is 0.227. The highest BCUT2D eigenvalue weighted by molar-refractivity contribution is 6.40. The molecule has 1 aliphatic carbocycles. The first-order chi connectivity index (χ1) is 5.20. The largest absolute Gasteiger partial charge is 0.303 e. The van der Waals surface area contributed by atoms with Crippen molar-refractivity contribution in [2.75, 3.05) is 14.1 Å². The fourth-order valence-corrected chi connectivity index (χ4v) is 1.21. The number of nitrogens with zero attached hydrogens (tertiary/aromatic N) is 2. The van der Waals surface area contributed by atoms with E-state index in [4.69, 9.17) is 0 Å². The molecule has 3 heteroatoms. The van der Waals surface area contributed by atoms with Crippen LogP contribution in [0.15, 0.2) is 5.10 Å². The molecule has 1 rings (SSSR count). The molecule has 0 aromatic heterocycles. The number of rotatable bonds is 1. The van der Waals surface area contributed by atoms with Crippen molar-refractivity contribution < 1.29 is 4.79 Å². The van der Waals surface area contributed by atoms with Crippen LogP contribution in [0.1, 0.15) is 25.7 Å². The Morgan fingerprint density at radius 3 is 2.45 bits per heavy atom. The summed E-state index contributed by atoms with van der Waals surface area (Å²) in [7, 11) is 3.68. The van der Waals surface area contributed by atoms with Crippen LogP contribution in [0.4, 0.5) is 0 Å². The van der Waals surface area contributed by atoms with E-state index in [0.717, 1.165) is 25.0 Å². The van der Waals surface area contributed by atoms with E-state index >= 15 is 0 Å². The van der Waals surface area contributed by atoms with Gasteiger partial charge in [-0.2, -0.15) is 5.10 Å². The van der Waals surface area contributed by atoms with Gasteiger partial charge in [-0.25, -0.2) is 0 Å². The molecule has 0 aliphatic heterocycles. The molecular formula is C8H14N2O. The SMILES string of the molecule is CN(C)/N=C1/CCCCC1=O. The van der Waals surface area contributed by atoms with E-state index in [9.17, 15) is 4.79 Å². The maximum absolute atomic E-state index is 11.2. The Hall–Kier alpha value is -0.860. The molecule has 3 nitrogen and oxygen atoms in total. The third-order valence-corrected chi connectivity index (χ3v) is 1.71. The zero-order valence-corrected chi connectivity index (χ0v) is 7.13. The lowest BCUT2D eigenvalue weighted by molar-refractivity contribution is -0.113. The molecule has 0 atom stereocenters. The predicted octanol–water partition coefficient (Wildman–Crippen LogP) is 1.05. The maximum Gasteiger partial charge on any atom is 0.178 e. The van der Waals surface area contributed by atoms with Gasteiger partial charge < -0.3 is 5.01 Å². The van der Waals surface area contributed by atoms with Gasteiger partial charge in [0.1, 0.15) is 5.71 Å². The summed E-state index contributed by atoms with van der Waals surface area (Å²) in [6.07, 6.45) is 3.69. The third kappa shape index (κ3) is 2.33. The van der Waals surface area contributed by atoms with Crippen LogP contribution in [0.2, 0.25) is 0 Å². The average Bonchev–Trinajstić information content (AvgIpc) is 1.93. The third-order valence-electron chi connectivity index (χ3n) is 1.71. The molecule has 0 heterocycles. The van der Waals surface area contributed by atoms with Crippen molar-refractivity contribution >= 4 is 11.5 Å². The van der Waals surface area contributed by atoms with Crippen LogP contribution in [-0.4, -0.2) is 30.6 Å². The molecule has 1 saturated carbocycles. The first kappa shape index (κ1) is 8.24. The smallest absolute Gasteiger partial charge is 0.178 e. The van der Waals surface area contributed by atoms with E-state index in [1.165, 1.54) is 0 Å². The van der Waals surface area contributed by atoms with Gasteiger partial charge in [0.2, 0.25) is 0 Å². The Bertz CT molecular complexity index is 185. The number of ketones is 1. The zero-order chi connectivity index (χ0) is 8.27. The monoisotopic (exact) mass is 154 g/mol. The molecule has 0 aromatic carbocycles. The maximum atomic E-state index is 11.2. The van der Waals surface area contributed by atoms with Crippen molar-refractivity contribution in [2.45, 2.75) is 25.7 Å². The summed E-state index contributed by atoms with van der Waals surface area (Å²) in [5.41, 5.74) is 0.751. The Kier molecular flexibility index (Phi) is 2.63. The Labute approximate surface area is 67.1 Å². The molecule has 0 amide bonds. The number of hydrazone groups is 1. The summed E-state index contributed by atoms with van der Waals surface area (Å²) >= 11 is 0. The zero-order valence-electron chi connectivity index (χ0n) is 7.13. The van der Waals surface area contributed by atoms with Crippen molar-refractivity contribution in [3.63, 3.8) is 0 Å². The van der Waals surface area contributed by atoms with E-state index in [-0.39, 0.29) is 5.78 Å². The first-order valence-electron chi connectivity index (χ1n) is 3.98. The van der Waals surface area contributed by atoms with Gasteiger partial charge in [0.25, 0.3) is 0 Å². The number of carbonyl (C=O) groups excluding carboxylic acids is 1. The van der Waals surface area contributed by atoms with Crippen LogP contribution >= 0.6 is 0 Å². The van der Waals surface area contributed by atoms with E-state index in [0.29, 0.717) is 6.42 Å². The predicted molar refractivity (Wildman–Crippen MR) is 44.6 cm³/mol. The van der Waals surface area contributed by atoms with Gasteiger partial charge in [0.05, 0.1) is 0 Å². The lowest BCUT2D eigenvalue weighted by Crippen LogP contribution is -2.21. The van der Waals surface area contributed by atoms with Gasteiger partial charge in [-0.15, -0.1) is 0 Å². The number of carbonyl (C=O) groups is 1. The van der Waals surface area contributed by atoms with Crippen molar-refractivity contribution in [1.29, 1.82) is 0 Å². The first-order valence-corrected chi connectivity index (χ1v) is 3.98. The van der Waals surface area contributed by atoms with Gasteiger partial charge in [-0.05, 0) is 19.3 Å². The second-order valence-corrected chi connectivity index (χ2v) is 3.02. The molecule has 0 N–H and O–H groups in total. The topological polar surface area (TPSA) is 32.7 Å². The molecule has 62 valence electrons. The summed E-state index contributed by atoms with van der Waals surface area (Å²) in [6.45, 7) is 0. The molecule has 0 unspecified atom stereocenters. The van der Waals surface area contributed by atoms with Crippen LogP contribution in [-0.2, 0) is 4.79 Å². The van der Waals surface area contributed by atoms with Crippen LogP contribution in [0, 0.1) is 0 Å². The van der Waals surface area contributed by atoms with Crippen LogP contribution in [0.5, 0.6) is 0 Å². The van der Waals surface area contributed by atoms with Gasteiger partial charge in [0, 0.05) is 20.5 Å². The minimum absolute atomic E-state index is 0.227. The second-order valence-electron chi connectivity index (χ2n) is 3.02. The highest BCUT2D eigenvalue weighted by atomic mass is 16.1. The van der Waals surface area contributed by atoms with Crippen LogP contribution in [0.3, 0.4) is 0 Å².